The highest BCUT2D eigenvalue weighted by molar-refractivity contribution is 6.01. The first kappa shape index (κ1) is 28.9. The first-order valence-electron chi connectivity index (χ1n) is 11.9. The van der Waals surface area contributed by atoms with E-state index in [-0.39, 0.29) is 22.6 Å². The molecule has 0 aromatic heterocycles. The van der Waals surface area contributed by atoms with Gasteiger partial charge in [0.05, 0.1) is 4.92 Å². The van der Waals surface area contributed by atoms with Crippen LogP contribution in [0.15, 0.2) is 78.4 Å². The number of nitro groups is 1. The first-order chi connectivity index (χ1) is 19.2. The van der Waals surface area contributed by atoms with Crippen molar-refractivity contribution in [1.29, 1.82) is 5.26 Å². The van der Waals surface area contributed by atoms with Crippen molar-refractivity contribution >= 4 is 30.0 Å². The Bertz CT molecular complexity index is 1460. The minimum absolute atomic E-state index is 0.0601. The van der Waals surface area contributed by atoms with Crippen molar-refractivity contribution in [3.8, 4) is 29.1 Å². The first-order valence-corrected chi connectivity index (χ1v) is 11.9. The number of para-hydroxylation sites is 2. The number of hydrogen-bond acceptors (Lipinski definition) is 10. The number of carbonyl (C=O) groups is 3. The summed E-state index contributed by atoms with van der Waals surface area (Å²) in [7, 11) is 0. The van der Waals surface area contributed by atoms with Crippen molar-refractivity contribution in [1.82, 2.24) is 4.90 Å². The van der Waals surface area contributed by atoms with E-state index in [0.29, 0.717) is 13.1 Å². The molecule has 3 aromatic rings. The number of ether oxygens (including phenoxy) is 4. The Kier molecular flexibility index (Phi) is 9.91. The van der Waals surface area contributed by atoms with Gasteiger partial charge in [0.1, 0.15) is 23.1 Å². The van der Waals surface area contributed by atoms with Crippen molar-refractivity contribution in [2.24, 2.45) is 0 Å². The van der Waals surface area contributed by atoms with Crippen LogP contribution in [-0.2, 0) is 4.79 Å². The molecule has 3 rings (SSSR count). The lowest BCUT2D eigenvalue weighted by molar-refractivity contribution is -0.385. The molecule has 0 heterocycles. The summed E-state index contributed by atoms with van der Waals surface area (Å²) in [4.78, 5) is 50.2. The Morgan fingerprint density at radius 3 is 1.88 bits per heavy atom. The van der Waals surface area contributed by atoms with E-state index in [1.54, 1.807) is 56.3 Å². The summed E-state index contributed by atoms with van der Waals surface area (Å²) in [5.41, 5.74) is -1.20. The maximum Gasteiger partial charge on any atom is 0.519 e. The predicted octanol–water partition coefficient (Wildman–Crippen LogP) is 5.53. The summed E-state index contributed by atoms with van der Waals surface area (Å²) in [5.74, 6) is -1.76. The second kappa shape index (κ2) is 13.7. The summed E-state index contributed by atoms with van der Waals surface area (Å²) in [5, 5.41) is 21.6. The van der Waals surface area contributed by atoms with Crippen molar-refractivity contribution in [3.05, 3.63) is 94.0 Å². The molecule has 0 bridgehead atoms. The van der Waals surface area contributed by atoms with Gasteiger partial charge in [0.25, 0.3) is 11.7 Å². The van der Waals surface area contributed by atoms with Crippen LogP contribution in [0, 0.1) is 21.4 Å². The summed E-state index contributed by atoms with van der Waals surface area (Å²) < 4.78 is 20.4. The third-order valence-corrected chi connectivity index (χ3v) is 5.23. The summed E-state index contributed by atoms with van der Waals surface area (Å²) in [6, 6.07) is 19.4. The van der Waals surface area contributed by atoms with Gasteiger partial charge < -0.3 is 23.8 Å². The smallest absolute Gasteiger partial charge is 0.395 e. The highest BCUT2D eigenvalue weighted by atomic mass is 16.7. The minimum Gasteiger partial charge on any atom is -0.395 e. The molecule has 12 heteroatoms. The molecule has 0 unspecified atom stereocenters. The summed E-state index contributed by atoms with van der Waals surface area (Å²) in [6.07, 6.45) is -1.56. The van der Waals surface area contributed by atoms with Crippen molar-refractivity contribution in [3.63, 3.8) is 0 Å². The van der Waals surface area contributed by atoms with Gasteiger partial charge in [-0.15, -0.1) is 0 Å². The lowest BCUT2D eigenvalue weighted by Crippen LogP contribution is -2.31. The summed E-state index contributed by atoms with van der Waals surface area (Å²) >= 11 is 0. The lowest BCUT2D eigenvalue weighted by atomic mass is 10.1. The Hall–Kier alpha value is -5.70. The van der Waals surface area contributed by atoms with Crippen LogP contribution in [0.5, 0.6) is 23.0 Å². The molecule has 204 valence electrons. The molecular formula is C28H23N3O9. The fraction of sp³-hybridized carbons (Fsp3) is 0.143. The molecule has 12 nitrogen and oxygen atoms in total. The van der Waals surface area contributed by atoms with E-state index in [1.165, 1.54) is 29.2 Å². The topological polar surface area (TPSA) is 158 Å². The molecular weight excluding hydrogens is 522 g/mol. The Morgan fingerprint density at radius 1 is 0.875 bits per heavy atom. The van der Waals surface area contributed by atoms with Crippen molar-refractivity contribution < 1.29 is 38.3 Å². The SMILES string of the molecule is CCN(CC)C(=O)/C(C#N)=C/c1cc(OC(=O)Oc2ccccc2)c(OC(=O)Oc2ccccc2)c([N+](=O)[O-])c1. The fourth-order valence-electron chi connectivity index (χ4n) is 3.38. The zero-order valence-corrected chi connectivity index (χ0v) is 21.4. The molecule has 3 aromatic carbocycles. The van der Waals surface area contributed by atoms with E-state index < -0.39 is 40.3 Å². The molecule has 0 aliphatic rings. The van der Waals surface area contributed by atoms with E-state index in [4.69, 9.17) is 18.9 Å². The Balaban J connectivity index is 2.06. The van der Waals surface area contributed by atoms with Crippen LogP contribution in [0.2, 0.25) is 0 Å². The molecule has 0 aliphatic heterocycles. The van der Waals surface area contributed by atoms with Crippen molar-refractivity contribution in [2.45, 2.75) is 13.8 Å². The van der Waals surface area contributed by atoms with Gasteiger partial charge in [0.15, 0.2) is 5.75 Å². The number of benzene rings is 3. The second-order valence-corrected chi connectivity index (χ2v) is 7.81. The van der Waals surface area contributed by atoms with Gasteiger partial charge in [-0.05, 0) is 55.8 Å². The monoisotopic (exact) mass is 545 g/mol. The molecule has 0 saturated heterocycles. The number of nitriles is 1. The normalized spacial score (nSPS) is 10.6. The maximum absolute atomic E-state index is 12.7. The van der Waals surface area contributed by atoms with E-state index in [0.717, 1.165) is 18.2 Å². The van der Waals surface area contributed by atoms with E-state index >= 15 is 0 Å². The number of hydrogen-bond donors (Lipinski definition) is 0. The van der Waals surface area contributed by atoms with Gasteiger partial charge in [-0.25, -0.2) is 9.59 Å². The summed E-state index contributed by atoms with van der Waals surface area (Å²) in [6.45, 7) is 4.10. The maximum atomic E-state index is 12.7. The number of amides is 1. The van der Waals surface area contributed by atoms with Crippen LogP contribution in [0.4, 0.5) is 15.3 Å². The van der Waals surface area contributed by atoms with Crippen molar-refractivity contribution in [2.75, 3.05) is 13.1 Å². The van der Waals surface area contributed by atoms with E-state index in [2.05, 4.69) is 0 Å². The zero-order chi connectivity index (χ0) is 29.1. The molecule has 0 aliphatic carbocycles. The molecule has 0 saturated carbocycles. The minimum atomic E-state index is -1.35. The molecule has 1 amide bonds. The third-order valence-electron chi connectivity index (χ3n) is 5.23. The van der Waals surface area contributed by atoms with Crippen LogP contribution in [-0.4, -0.2) is 41.1 Å². The average molecular weight is 546 g/mol. The molecule has 0 N–H and O–H groups in total. The molecule has 0 spiro atoms. The highest BCUT2D eigenvalue weighted by Crippen LogP contribution is 2.40. The van der Waals surface area contributed by atoms with Crippen LogP contribution in [0.3, 0.4) is 0 Å². The van der Waals surface area contributed by atoms with Gasteiger partial charge in [-0.2, -0.15) is 5.26 Å². The van der Waals surface area contributed by atoms with E-state index in [9.17, 15) is 29.8 Å². The van der Waals surface area contributed by atoms with Gasteiger partial charge in [-0.3, -0.25) is 14.9 Å². The van der Waals surface area contributed by atoms with Gasteiger partial charge in [0, 0.05) is 19.2 Å². The molecule has 0 radical (unpaired) electrons. The number of likely N-dealkylation sites (N-methyl/N-ethyl adjacent to an activating group) is 1. The highest BCUT2D eigenvalue weighted by Gasteiger charge is 2.28. The number of rotatable bonds is 9. The largest absolute Gasteiger partial charge is 0.519 e. The standard InChI is InChI=1S/C28H23N3O9/c1-3-30(4-2)26(32)20(18-29)15-19-16-23(31(35)36)25(40-28(34)38-22-13-9-6-10-14-22)24(17-19)39-27(33)37-21-11-7-5-8-12-21/h5-17H,3-4H2,1-2H3/b20-15+. The third kappa shape index (κ3) is 7.65. The Morgan fingerprint density at radius 2 is 1.40 bits per heavy atom. The van der Waals surface area contributed by atoms with Gasteiger partial charge in [-0.1, -0.05) is 36.4 Å². The molecule has 0 fully saturated rings. The zero-order valence-electron chi connectivity index (χ0n) is 21.4. The second-order valence-electron chi connectivity index (χ2n) is 7.81. The Labute approximate surface area is 228 Å². The van der Waals surface area contributed by atoms with E-state index in [1.807, 2.05) is 0 Å². The van der Waals surface area contributed by atoms with Gasteiger partial charge in [0.2, 0.25) is 0 Å². The number of nitrogens with zero attached hydrogens (tertiary/aromatic N) is 3. The van der Waals surface area contributed by atoms with Crippen LogP contribution >= 0.6 is 0 Å². The van der Waals surface area contributed by atoms with Crippen LogP contribution < -0.4 is 18.9 Å². The van der Waals surface area contributed by atoms with Gasteiger partial charge >= 0.3 is 18.0 Å². The predicted molar refractivity (Wildman–Crippen MR) is 141 cm³/mol. The number of carbonyl (C=O) groups excluding carboxylic acids is 3. The quantitative estimate of drug-likeness (QED) is 0.0836. The lowest BCUT2D eigenvalue weighted by Gasteiger charge is -2.17. The molecule has 40 heavy (non-hydrogen) atoms. The van der Waals surface area contributed by atoms with Crippen LogP contribution in [0.25, 0.3) is 6.08 Å². The fourth-order valence-corrected chi connectivity index (χ4v) is 3.38. The van der Waals surface area contributed by atoms with Crippen LogP contribution in [0.1, 0.15) is 19.4 Å². The molecule has 0 atom stereocenters. The average Bonchev–Trinajstić information content (AvgIpc) is 2.94. The number of nitro benzene ring substituents is 1.